The maximum atomic E-state index is 11.2. The van der Waals surface area contributed by atoms with Gasteiger partial charge in [-0.05, 0) is 19.3 Å². The number of nitrogens with one attached hydrogen (secondary N) is 2. The van der Waals surface area contributed by atoms with E-state index in [1.807, 2.05) is 6.92 Å². The van der Waals surface area contributed by atoms with Gasteiger partial charge in [-0.1, -0.05) is 6.92 Å². The van der Waals surface area contributed by atoms with Gasteiger partial charge >= 0.3 is 0 Å². The fourth-order valence-electron chi connectivity index (χ4n) is 1.14. The number of hydrogen-bond acceptors (Lipinski definition) is 3. The van der Waals surface area contributed by atoms with Crippen LogP contribution in [0, 0.1) is 0 Å². The molecule has 1 aliphatic rings. The average Bonchev–Trinajstić information content (AvgIpc) is 2.95. The summed E-state index contributed by atoms with van der Waals surface area (Å²) >= 11 is 0. The molecule has 14 heavy (non-hydrogen) atoms. The van der Waals surface area contributed by atoms with E-state index in [0.717, 1.165) is 19.3 Å². The van der Waals surface area contributed by atoms with Crippen molar-refractivity contribution in [2.24, 2.45) is 0 Å². The third kappa shape index (κ3) is 5.19. The summed E-state index contributed by atoms with van der Waals surface area (Å²) in [6.07, 6.45) is 3.23. The van der Waals surface area contributed by atoms with Crippen LogP contribution in [-0.4, -0.2) is 36.2 Å². The summed E-state index contributed by atoms with van der Waals surface area (Å²) in [5.74, 6) is 0.117. The molecule has 0 spiro atoms. The Morgan fingerprint density at radius 2 is 2.29 bits per heavy atom. The van der Waals surface area contributed by atoms with Crippen molar-refractivity contribution in [3.8, 4) is 0 Å². The second-order valence-electron chi connectivity index (χ2n) is 3.86. The zero-order valence-corrected chi connectivity index (χ0v) is 8.75. The Labute approximate surface area is 85.1 Å². The van der Waals surface area contributed by atoms with Gasteiger partial charge in [-0.2, -0.15) is 0 Å². The van der Waals surface area contributed by atoms with Crippen molar-refractivity contribution in [2.45, 2.75) is 44.8 Å². The van der Waals surface area contributed by atoms with Gasteiger partial charge in [-0.3, -0.25) is 4.79 Å². The minimum atomic E-state index is -0.290. The van der Waals surface area contributed by atoms with E-state index in [9.17, 15) is 9.90 Å². The fourth-order valence-corrected chi connectivity index (χ4v) is 1.14. The molecule has 0 saturated heterocycles. The number of carbonyl (C=O) groups is 1. The van der Waals surface area contributed by atoms with E-state index in [1.165, 1.54) is 0 Å². The summed E-state index contributed by atoms with van der Waals surface area (Å²) in [5, 5.41) is 15.2. The third-order valence-electron chi connectivity index (χ3n) is 2.32. The Kier molecular flexibility index (Phi) is 4.90. The quantitative estimate of drug-likeness (QED) is 0.508. The first-order valence-electron chi connectivity index (χ1n) is 5.40. The standard InChI is InChI=1S/C10H20N2O2/c1-2-9(13)7-11-6-5-10(14)12-8-3-4-8/h8-9,11,13H,2-7H2,1H3,(H,12,14). The normalized spacial score (nSPS) is 17.9. The highest BCUT2D eigenvalue weighted by atomic mass is 16.3. The molecule has 1 atom stereocenters. The van der Waals surface area contributed by atoms with Gasteiger partial charge in [0.1, 0.15) is 0 Å². The Morgan fingerprint density at radius 1 is 1.57 bits per heavy atom. The lowest BCUT2D eigenvalue weighted by Gasteiger charge is -2.09. The molecule has 0 aromatic heterocycles. The molecule has 1 amide bonds. The summed E-state index contributed by atoms with van der Waals surface area (Å²) in [6, 6.07) is 0.448. The van der Waals surface area contributed by atoms with Crippen molar-refractivity contribution in [3.63, 3.8) is 0 Å². The molecule has 3 N–H and O–H groups in total. The zero-order valence-electron chi connectivity index (χ0n) is 8.75. The van der Waals surface area contributed by atoms with E-state index in [2.05, 4.69) is 10.6 Å². The molecule has 82 valence electrons. The average molecular weight is 200 g/mol. The summed E-state index contributed by atoms with van der Waals surface area (Å²) in [6.45, 7) is 3.16. The molecule has 0 heterocycles. The summed E-state index contributed by atoms with van der Waals surface area (Å²) in [4.78, 5) is 11.2. The van der Waals surface area contributed by atoms with Crippen LogP contribution in [0.2, 0.25) is 0 Å². The number of rotatable bonds is 7. The van der Waals surface area contributed by atoms with Crippen LogP contribution in [-0.2, 0) is 4.79 Å². The first kappa shape index (κ1) is 11.5. The lowest BCUT2D eigenvalue weighted by Crippen LogP contribution is -2.32. The van der Waals surface area contributed by atoms with Crippen molar-refractivity contribution in [2.75, 3.05) is 13.1 Å². The highest BCUT2D eigenvalue weighted by molar-refractivity contribution is 5.76. The van der Waals surface area contributed by atoms with Crippen molar-refractivity contribution < 1.29 is 9.90 Å². The van der Waals surface area contributed by atoms with E-state index in [1.54, 1.807) is 0 Å². The Morgan fingerprint density at radius 3 is 2.86 bits per heavy atom. The lowest BCUT2D eigenvalue weighted by atomic mass is 10.3. The minimum Gasteiger partial charge on any atom is -0.392 e. The molecule has 0 bridgehead atoms. The topological polar surface area (TPSA) is 61.4 Å². The van der Waals surface area contributed by atoms with Crippen molar-refractivity contribution >= 4 is 5.91 Å². The van der Waals surface area contributed by atoms with Crippen molar-refractivity contribution in [1.82, 2.24) is 10.6 Å². The van der Waals surface area contributed by atoms with Crippen molar-refractivity contribution in [3.05, 3.63) is 0 Å². The zero-order chi connectivity index (χ0) is 10.4. The molecule has 1 aliphatic carbocycles. The first-order chi connectivity index (χ1) is 6.72. The van der Waals surface area contributed by atoms with E-state index in [-0.39, 0.29) is 12.0 Å². The minimum absolute atomic E-state index is 0.117. The van der Waals surface area contributed by atoms with Gasteiger partial charge in [-0.25, -0.2) is 0 Å². The van der Waals surface area contributed by atoms with Crippen LogP contribution in [0.1, 0.15) is 32.6 Å². The molecular formula is C10H20N2O2. The molecule has 1 unspecified atom stereocenters. The number of amides is 1. The van der Waals surface area contributed by atoms with Gasteiger partial charge < -0.3 is 15.7 Å². The molecule has 0 radical (unpaired) electrons. The monoisotopic (exact) mass is 200 g/mol. The maximum Gasteiger partial charge on any atom is 0.221 e. The molecule has 1 fully saturated rings. The molecule has 0 aromatic rings. The molecule has 0 aliphatic heterocycles. The fraction of sp³-hybridized carbons (Fsp3) is 0.900. The predicted molar refractivity (Wildman–Crippen MR) is 54.9 cm³/mol. The molecule has 1 saturated carbocycles. The van der Waals surface area contributed by atoms with Crippen LogP contribution < -0.4 is 10.6 Å². The number of carbonyl (C=O) groups excluding carboxylic acids is 1. The smallest absolute Gasteiger partial charge is 0.221 e. The van der Waals surface area contributed by atoms with E-state index < -0.39 is 0 Å². The van der Waals surface area contributed by atoms with E-state index >= 15 is 0 Å². The highest BCUT2D eigenvalue weighted by Gasteiger charge is 2.22. The molecule has 4 heteroatoms. The second kappa shape index (κ2) is 5.98. The Balaban J connectivity index is 1.89. The summed E-state index contributed by atoms with van der Waals surface area (Å²) < 4.78 is 0. The van der Waals surface area contributed by atoms with E-state index in [0.29, 0.717) is 25.6 Å². The predicted octanol–water partition coefficient (Wildman–Crippen LogP) is 0.0156. The molecular weight excluding hydrogens is 180 g/mol. The van der Waals surface area contributed by atoms with Gasteiger partial charge in [0, 0.05) is 25.6 Å². The van der Waals surface area contributed by atoms with Crippen LogP contribution in [0.5, 0.6) is 0 Å². The van der Waals surface area contributed by atoms with Crippen molar-refractivity contribution in [1.29, 1.82) is 0 Å². The van der Waals surface area contributed by atoms with Gasteiger partial charge in [0.05, 0.1) is 6.10 Å². The van der Waals surface area contributed by atoms with Crippen LogP contribution in [0.3, 0.4) is 0 Å². The molecule has 4 nitrogen and oxygen atoms in total. The van der Waals surface area contributed by atoms with Gasteiger partial charge in [0.2, 0.25) is 5.91 Å². The van der Waals surface area contributed by atoms with Crippen LogP contribution in [0.15, 0.2) is 0 Å². The second-order valence-corrected chi connectivity index (χ2v) is 3.86. The van der Waals surface area contributed by atoms with Crippen LogP contribution in [0.25, 0.3) is 0 Å². The van der Waals surface area contributed by atoms with Gasteiger partial charge in [-0.15, -0.1) is 0 Å². The number of aliphatic hydroxyl groups is 1. The Bertz CT molecular complexity index is 181. The third-order valence-corrected chi connectivity index (χ3v) is 2.32. The number of hydrogen-bond donors (Lipinski definition) is 3. The SMILES string of the molecule is CCC(O)CNCCC(=O)NC1CC1. The highest BCUT2D eigenvalue weighted by Crippen LogP contribution is 2.18. The first-order valence-corrected chi connectivity index (χ1v) is 5.40. The van der Waals surface area contributed by atoms with E-state index in [4.69, 9.17) is 0 Å². The molecule has 0 aromatic carbocycles. The lowest BCUT2D eigenvalue weighted by molar-refractivity contribution is -0.121. The van der Waals surface area contributed by atoms with Crippen LogP contribution >= 0.6 is 0 Å². The number of aliphatic hydroxyl groups excluding tert-OH is 1. The summed E-state index contributed by atoms with van der Waals surface area (Å²) in [7, 11) is 0. The van der Waals surface area contributed by atoms with Crippen LogP contribution in [0.4, 0.5) is 0 Å². The molecule has 1 rings (SSSR count). The Hall–Kier alpha value is -0.610. The summed E-state index contributed by atoms with van der Waals surface area (Å²) in [5.41, 5.74) is 0. The largest absolute Gasteiger partial charge is 0.392 e. The van der Waals surface area contributed by atoms with Gasteiger partial charge in [0.15, 0.2) is 0 Å². The maximum absolute atomic E-state index is 11.2. The van der Waals surface area contributed by atoms with Gasteiger partial charge in [0.25, 0.3) is 0 Å².